The minimum absolute atomic E-state index is 0.0553. The molecule has 4 nitrogen and oxygen atoms in total. The molecule has 0 N–H and O–H groups in total. The third kappa shape index (κ3) is 1.76. The molecule has 1 aliphatic rings. The summed E-state index contributed by atoms with van der Waals surface area (Å²) in [6, 6.07) is 11.4. The third-order valence-electron chi connectivity index (χ3n) is 3.21. The highest BCUT2D eigenvalue weighted by molar-refractivity contribution is 6.04. The second-order valence-corrected chi connectivity index (χ2v) is 4.39. The van der Waals surface area contributed by atoms with Gasteiger partial charge in [-0.2, -0.15) is 0 Å². The fraction of sp³-hybridized carbons (Fsp3) is 0.200. The maximum Gasteiger partial charge on any atom is 0.356 e. The highest BCUT2D eigenvalue weighted by Gasteiger charge is 2.33. The van der Waals surface area contributed by atoms with Crippen LogP contribution in [0.4, 0.5) is 0 Å². The summed E-state index contributed by atoms with van der Waals surface area (Å²) < 4.78 is 6.51. The van der Waals surface area contributed by atoms with Crippen molar-refractivity contribution in [2.45, 2.75) is 13.3 Å². The molecule has 4 heteroatoms. The van der Waals surface area contributed by atoms with Gasteiger partial charge in [0.15, 0.2) is 0 Å². The van der Waals surface area contributed by atoms with Crippen molar-refractivity contribution in [3.8, 4) is 11.1 Å². The number of aromatic nitrogens is 1. The lowest BCUT2D eigenvalue weighted by atomic mass is 10.1. The van der Waals surface area contributed by atoms with E-state index in [-0.39, 0.29) is 5.91 Å². The van der Waals surface area contributed by atoms with Crippen molar-refractivity contribution in [1.82, 2.24) is 4.57 Å². The van der Waals surface area contributed by atoms with Gasteiger partial charge in [0.25, 0.3) is 0 Å². The number of benzene rings is 1. The molecule has 0 aliphatic carbocycles. The van der Waals surface area contributed by atoms with Gasteiger partial charge >= 0.3 is 5.97 Å². The number of carbonyl (C=O) groups is 2. The largest absolute Gasteiger partial charge is 0.461 e. The number of hydrogen-bond donors (Lipinski definition) is 0. The molecule has 1 aliphatic heterocycles. The Morgan fingerprint density at radius 1 is 1.32 bits per heavy atom. The highest BCUT2D eigenvalue weighted by atomic mass is 16.5. The van der Waals surface area contributed by atoms with Crippen molar-refractivity contribution < 1.29 is 14.3 Å². The Morgan fingerprint density at radius 3 is 2.68 bits per heavy atom. The Labute approximate surface area is 110 Å². The Balaban J connectivity index is 2.15. The van der Waals surface area contributed by atoms with E-state index < -0.39 is 5.97 Å². The first-order valence-corrected chi connectivity index (χ1v) is 6.22. The molecular formula is C15H13NO3. The van der Waals surface area contributed by atoms with E-state index in [9.17, 15) is 9.59 Å². The van der Waals surface area contributed by atoms with Gasteiger partial charge in [0.05, 0.1) is 13.0 Å². The van der Waals surface area contributed by atoms with E-state index in [2.05, 4.69) is 0 Å². The van der Waals surface area contributed by atoms with Crippen LogP contribution in [-0.2, 0) is 11.2 Å². The average Bonchev–Trinajstić information content (AvgIpc) is 2.73. The van der Waals surface area contributed by atoms with Crippen LogP contribution in [0.2, 0.25) is 0 Å². The molecule has 19 heavy (non-hydrogen) atoms. The molecule has 0 saturated carbocycles. The summed E-state index contributed by atoms with van der Waals surface area (Å²) in [4.78, 5) is 23.7. The van der Waals surface area contributed by atoms with Crippen molar-refractivity contribution in [3.05, 3.63) is 47.8 Å². The van der Waals surface area contributed by atoms with Gasteiger partial charge in [0.1, 0.15) is 5.69 Å². The van der Waals surface area contributed by atoms with E-state index >= 15 is 0 Å². The molecule has 0 unspecified atom stereocenters. The Kier molecular flexibility index (Phi) is 2.71. The van der Waals surface area contributed by atoms with Gasteiger partial charge in [0, 0.05) is 11.3 Å². The number of rotatable bonds is 3. The summed E-state index contributed by atoms with van der Waals surface area (Å²) in [7, 11) is 0. The number of esters is 1. The van der Waals surface area contributed by atoms with Crippen molar-refractivity contribution in [1.29, 1.82) is 0 Å². The van der Waals surface area contributed by atoms with Gasteiger partial charge in [-0.25, -0.2) is 4.79 Å². The summed E-state index contributed by atoms with van der Waals surface area (Å²) in [5, 5.41) is 0. The van der Waals surface area contributed by atoms with E-state index in [4.69, 9.17) is 4.74 Å². The fourth-order valence-electron chi connectivity index (χ4n) is 2.36. The summed E-state index contributed by atoms with van der Waals surface area (Å²) in [5.41, 5.74) is 2.89. The van der Waals surface area contributed by atoms with Crippen molar-refractivity contribution in [3.63, 3.8) is 0 Å². The molecule has 0 fully saturated rings. The quantitative estimate of drug-likeness (QED) is 0.792. The fourth-order valence-corrected chi connectivity index (χ4v) is 2.36. The predicted octanol–water partition coefficient (Wildman–Crippen LogP) is 2.53. The SMILES string of the molecule is CCOC(=O)c1c(-c2ccccc2)cc2n1C(=O)C2. The maximum atomic E-state index is 12.1. The molecule has 0 bridgehead atoms. The van der Waals surface area contributed by atoms with Gasteiger partial charge < -0.3 is 4.74 Å². The lowest BCUT2D eigenvalue weighted by Crippen LogP contribution is -2.31. The summed E-state index contributed by atoms with van der Waals surface area (Å²) in [5.74, 6) is -0.499. The topological polar surface area (TPSA) is 48.3 Å². The van der Waals surface area contributed by atoms with Crippen LogP contribution < -0.4 is 0 Å². The van der Waals surface area contributed by atoms with Gasteiger partial charge in [-0.3, -0.25) is 9.36 Å². The monoisotopic (exact) mass is 255 g/mol. The van der Waals surface area contributed by atoms with E-state index in [0.717, 1.165) is 16.8 Å². The molecule has 3 rings (SSSR count). The first kappa shape index (κ1) is 11.7. The zero-order valence-electron chi connectivity index (χ0n) is 10.6. The number of hydrogen-bond acceptors (Lipinski definition) is 3. The first-order chi connectivity index (χ1) is 9.22. The molecule has 1 aromatic heterocycles. The number of fused-ring (bicyclic) bond motifs is 1. The van der Waals surface area contributed by atoms with Gasteiger partial charge in [-0.05, 0) is 18.6 Å². The Hall–Kier alpha value is -2.36. The second kappa shape index (κ2) is 4.39. The summed E-state index contributed by atoms with van der Waals surface area (Å²) in [6.07, 6.45) is 0.388. The normalized spacial score (nSPS) is 12.8. The van der Waals surface area contributed by atoms with Crippen LogP contribution in [0.25, 0.3) is 11.1 Å². The Morgan fingerprint density at radius 2 is 2.05 bits per heavy atom. The summed E-state index contributed by atoms with van der Waals surface area (Å²) >= 11 is 0. The standard InChI is InChI=1S/C15H13NO3/c1-2-19-15(18)14-12(10-6-4-3-5-7-10)8-11-9-13(17)16(11)14/h3-8H,2,9H2,1H3. The van der Waals surface area contributed by atoms with Crippen molar-refractivity contribution >= 4 is 11.9 Å². The molecule has 0 atom stereocenters. The van der Waals surface area contributed by atoms with Gasteiger partial charge in [-0.15, -0.1) is 0 Å². The smallest absolute Gasteiger partial charge is 0.356 e. The molecule has 2 heterocycles. The minimum atomic E-state index is -0.444. The Bertz CT molecular complexity index is 656. The van der Waals surface area contributed by atoms with E-state index in [0.29, 0.717) is 18.7 Å². The molecule has 96 valence electrons. The molecule has 0 radical (unpaired) electrons. The zero-order chi connectivity index (χ0) is 13.4. The average molecular weight is 255 g/mol. The first-order valence-electron chi connectivity index (χ1n) is 6.22. The number of carbonyl (C=O) groups excluding carboxylic acids is 2. The van der Waals surface area contributed by atoms with Crippen LogP contribution in [0.5, 0.6) is 0 Å². The van der Waals surface area contributed by atoms with Gasteiger partial charge in [-0.1, -0.05) is 30.3 Å². The number of ether oxygens (including phenoxy) is 1. The molecule has 0 saturated heterocycles. The summed E-state index contributed by atoms with van der Waals surface area (Å²) in [6.45, 7) is 2.05. The van der Waals surface area contributed by atoms with E-state index in [1.54, 1.807) is 6.92 Å². The third-order valence-corrected chi connectivity index (χ3v) is 3.21. The van der Waals surface area contributed by atoms with E-state index in [1.165, 1.54) is 4.57 Å². The maximum absolute atomic E-state index is 12.1. The van der Waals surface area contributed by atoms with Crippen LogP contribution >= 0.6 is 0 Å². The van der Waals surface area contributed by atoms with E-state index in [1.807, 2.05) is 36.4 Å². The second-order valence-electron chi connectivity index (χ2n) is 4.39. The molecule has 1 aromatic carbocycles. The zero-order valence-corrected chi connectivity index (χ0v) is 10.6. The highest BCUT2D eigenvalue weighted by Crippen LogP contribution is 2.32. The molecular weight excluding hydrogens is 242 g/mol. The number of nitrogens with zero attached hydrogens (tertiary/aromatic N) is 1. The van der Waals surface area contributed by atoms with Crippen LogP contribution in [0, 0.1) is 0 Å². The minimum Gasteiger partial charge on any atom is -0.461 e. The molecule has 2 aromatic rings. The van der Waals surface area contributed by atoms with Crippen molar-refractivity contribution in [2.24, 2.45) is 0 Å². The van der Waals surface area contributed by atoms with Crippen LogP contribution in [0.15, 0.2) is 36.4 Å². The van der Waals surface area contributed by atoms with Crippen LogP contribution in [0.1, 0.15) is 27.9 Å². The lowest BCUT2D eigenvalue weighted by Gasteiger charge is -2.18. The van der Waals surface area contributed by atoms with Crippen LogP contribution in [0.3, 0.4) is 0 Å². The molecule has 0 spiro atoms. The van der Waals surface area contributed by atoms with Crippen molar-refractivity contribution in [2.75, 3.05) is 6.61 Å². The predicted molar refractivity (Wildman–Crippen MR) is 70.2 cm³/mol. The van der Waals surface area contributed by atoms with Crippen LogP contribution in [-0.4, -0.2) is 23.1 Å². The van der Waals surface area contributed by atoms with Gasteiger partial charge in [0.2, 0.25) is 5.91 Å². The molecule has 0 amide bonds. The lowest BCUT2D eigenvalue weighted by molar-refractivity contribution is 0.0504.